The van der Waals surface area contributed by atoms with E-state index in [1.807, 2.05) is 25.1 Å². The first-order valence-electron chi connectivity index (χ1n) is 9.07. The zero-order valence-corrected chi connectivity index (χ0v) is 16.9. The van der Waals surface area contributed by atoms with Gasteiger partial charge in [-0.2, -0.15) is 5.10 Å². The topological polar surface area (TPSA) is 87.6 Å². The second-order valence-electron chi connectivity index (χ2n) is 6.50. The van der Waals surface area contributed by atoms with E-state index in [1.165, 1.54) is 21.3 Å². The Morgan fingerprint density at radius 1 is 1.10 bits per heavy atom. The van der Waals surface area contributed by atoms with E-state index in [1.54, 1.807) is 18.3 Å². The van der Waals surface area contributed by atoms with Crippen LogP contribution in [0.25, 0.3) is 0 Å². The molecule has 1 aliphatic rings. The molecule has 3 rings (SSSR count). The number of nitrogens with one attached hydrogen (secondary N) is 1. The smallest absolute Gasteiger partial charge is 0.271 e. The molecule has 0 radical (unpaired) electrons. The van der Waals surface area contributed by atoms with Gasteiger partial charge < -0.3 is 23.7 Å². The van der Waals surface area contributed by atoms with Crippen LogP contribution in [0.2, 0.25) is 0 Å². The Morgan fingerprint density at radius 2 is 1.79 bits per heavy atom. The number of hydrazone groups is 1. The molecule has 0 bridgehead atoms. The standard InChI is InChI=1S/C21H24N2O6/c1-13(7-14-5-6-16-17(8-14)29-12-28-16)11-22-23-21(24)15-9-18(25-2)20(27-4)19(10-15)26-3/h5-6,8-11,13H,7,12H2,1-4H3,(H,23,24)/b22-11-/t13-/m1/s1. The molecule has 0 spiro atoms. The summed E-state index contributed by atoms with van der Waals surface area (Å²) in [5.74, 6) is 2.46. The van der Waals surface area contributed by atoms with Crippen LogP contribution in [0, 0.1) is 5.92 Å². The summed E-state index contributed by atoms with van der Waals surface area (Å²) in [6.45, 7) is 2.27. The van der Waals surface area contributed by atoms with Crippen LogP contribution in [0.4, 0.5) is 0 Å². The van der Waals surface area contributed by atoms with Crippen molar-refractivity contribution < 1.29 is 28.5 Å². The molecule has 8 nitrogen and oxygen atoms in total. The Kier molecular flexibility index (Phi) is 6.43. The van der Waals surface area contributed by atoms with E-state index in [-0.39, 0.29) is 18.6 Å². The van der Waals surface area contributed by atoms with Gasteiger partial charge in [0.1, 0.15) is 0 Å². The number of hydrogen-bond acceptors (Lipinski definition) is 7. The minimum atomic E-state index is -0.379. The second kappa shape index (κ2) is 9.18. The van der Waals surface area contributed by atoms with Crippen LogP contribution in [-0.2, 0) is 6.42 Å². The van der Waals surface area contributed by atoms with Crippen molar-refractivity contribution in [2.45, 2.75) is 13.3 Å². The Balaban J connectivity index is 1.61. The fourth-order valence-electron chi connectivity index (χ4n) is 2.99. The SMILES string of the molecule is COc1cc(C(=O)N/N=C\[C@H](C)Cc2ccc3c(c2)OCO3)cc(OC)c1OC. The highest BCUT2D eigenvalue weighted by molar-refractivity contribution is 5.95. The number of fused-ring (bicyclic) bond motifs is 1. The van der Waals surface area contributed by atoms with Crippen LogP contribution in [0.1, 0.15) is 22.8 Å². The number of benzene rings is 2. The lowest BCUT2D eigenvalue weighted by atomic mass is 10.0. The molecular formula is C21H24N2O6. The lowest BCUT2D eigenvalue weighted by Gasteiger charge is -2.13. The summed E-state index contributed by atoms with van der Waals surface area (Å²) >= 11 is 0. The molecular weight excluding hydrogens is 376 g/mol. The Hall–Kier alpha value is -3.42. The van der Waals surface area contributed by atoms with E-state index in [2.05, 4.69) is 10.5 Å². The lowest BCUT2D eigenvalue weighted by molar-refractivity contribution is 0.0954. The average Bonchev–Trinajstić information content (AvgIpc) is 3.20. The summed E-state index contributed by atoms with van der Waals surface area (Å²) in [5, 5.41) is 4.08. The van der Waals surface area contributed by atoms with Gasteiger partial charge in [-0.3, -0.25) is 4.79 Å². The molecule has 1 atom stereocenters. The average molecular weight is 400 g/mol. The molecule has 1 amide bonds. The molecule has 1 aliphatic heterocycles. The van der Waals surface area contributed by atoms with Crippen LogP contribution in [0.5, 0.6) is 28.7 Å². The molecule has 8 heteroatoms. The number of amides is 1. The maximum absolute atomic E-state index is 12.4. The van der Waals surface area contributed by atoms with Crippen molar-refractivity contribution in [2.75, 3.05) is 28.1 Å². The van der Waals surface area contributed by atoms with Gasteiger partial charge in [-0.1, -0.05) is 13.0 Å². The first kappa shape index (κ1) is 20.3. The van der Waals surface area contributed by atoms with Gasteiger partial charge in [0.15, 0.2) is 23.0 Å². The fourth-order valence-corrected chi connectivity index (χ4v) is 2.99. The van der Waals surface area contributed by atoms with E-state index in [0.717, 1.165) is 23.5 Å². The van der Waals surface area contributed by atoms with Crippen LogP contribution in [0.15, 0.2) is 35.4 Å². The van der Waals surface area contributed by atoms with Crippen molar-refractivity contribution in [1.29, 1.82) is 0 Å². The van der Waals surface area contributed by atoms with Gasteiger partial charge in [-0.25, -0.2) is 5.43 Å². The minimum Gasteiger partial charge on any atom is -0.493 e. The number of methoxy groups -OCH3 is 3. The van der Waals surface area contributed by atoms with Crippen molar-refractivity contribution >= 4 is 12.1 Å². The normalized spacial score (nSPS) is 13.2. The predicted octanol–water partition coefficient (Wildman–Crippen LogP) is 3.04. The quantitative estimate of drug-likeness (QED) is 0.541. The zero-order valence-electron chi connectivity index (χ0n) is 16.9. The number of rotatable bonds is 8. The predicted molar refractivity (Wildman–Crippen MR) is 107 cm³/mol. The van der Waals surface area contributed by atoms with Crippen LogP contribution in [-0.4, -0.2) is 40.2 Å². The van der Waals surface area contributed by atoms with Crippen LogP contribution >= 0.6 is 0 Å². The van der Waals surface area contributed by atoms with Gasteiger partial charge in [0.05, 0.1) is 21.3 Å². The third kappa shape index (κ3) is 4.71. The number of carbonyl (C=O) groups is 1. The number of carbonyl (C=O) groups excluding carboxylic acids is 1. The summed E-state index contributed by atoms with van der Waals surface area (Å²) in [4.78, 5) is 12.4. The summed E-state index contributed by atoms with van der Waals surface area (Å²) in [6, 6.07) is 8.99. The third-order valence-corrected chi connectivity index (χ3v) is 4.42. The largest absolute Gasteiger partial charge is 0.493 e. The van der Waals surface area contributed by atoms with Gasteiger partial charge in [-0.15, -0.1) is 0 Å². The van der Waals surface area contributed by atoms with Gasteiger partial charge in [0.25, 0.3) is 5.91 Å². The highest BCUT2D eigenvalue weighted by atomic mass is 16.7. The monoisotopic (exact) mass is 400 g/mol. The number of nitrogens with zero attached hydrogens (tertiary/aromatic N) is 1. The van der Waals surface area contributed by atoms with Crippen LogP contribution < -0.4 is 29.1 Å². The minimum absolute atomic E-state index is 0.107. The molecule has 29 heavy (non-hydrogen) atoms. The first-order chi connectivity index (χ1) is 14.0. The molecule has 1 N–H and O–H groups in total. The summed E-state index contributed by atoms with van der Waals surface area (Å²) in [6.07, 6.45) is 2.45. The van der Waals surface area contributed by atoms with Crippen molar-refractivity contribution in [3.05, 3.63) is 41.5 Å². The van der Waals surface area contributed by atoms with Crippen molar-refractivity contribution in [3.63, 3.8) is 0 Å². The second-order valence-corrected chi connectivity index (χ2v) is 6.50. The van der Waals surface area contributed by atoms with Crippen molar-refractivity contribution in [2.24, 2.45) is 11.0 Å². The van der Waals surface area contributed by atoms with Gasteiger partial charge in [0, 0.05) is 11.8 Å². The molecule has 2 aromatic rings. The number of ether oxygens (including phenoxy) is 5. The molecule has 0 aromatic heterocycles. The zero-order chi connectivity index (χ0) is 20.8. The molecule has 0 aliphatic carbocycles. The molecule has 0 saturated heterocycles. The van der Waals surface area contributed by atoms with Gasteiger partial charge in [-0.05, 0) is 42.2 Å². The molecule has 0 unspecified atom stereocenters. The maximum atomic E-state index is 12.4. The third-order valence-electron chi connectivity index (χ3n) is 4.42. The van der Waals surface area contributed by atoms with Crippen LogP contribution in [0.3, 0.4) is 0 Å². The Bertz CT molecular complexity index is 887. The van der Waals surface area contributed by atoms with Crippen molar-refractivity contribution in [1.82, 2.24) is 5.43 Å². The molecule has 0 fully saturated rings. The maximum Gasteiger partial charge on any atom is 0.271 e. The van der Waals surface area contributed by atoms with Crippen molar-refractivity contribution in [3.8, 4) is 28.7 Å². The summed E-state index contributed by atoms with van der Waals surface area (Å²) < 4.78 is 26.5. The highest BCUT2D eigenvalue weighted by Gasteiger charge is 2.17. The first-order valence-corrected chi connectivity index (χ1v) is 9.07. The Labute approximate surface area is 169 Å². The van der Waals surface area contributed by atoms with E-state index in [9.17, 15) is 4.79 Å². The van der Waals surface area contributed by atoms with Gasteiger partial charge >= 0.3 is 0 Å². The molecule has 154 valence electrons. The van der Waals surface area contributed by atoms with E-state index in [0.29, 0.717) is 22.8 Å². The van der Waals surface area contributed by atoms with E-state index in [4.69, 9.17) is 23.7 Å². The Morgan fingerprint density at radius 3 is 2.45 bits per heavy atom. The van der Waals surface area contributed by atoms with Gasteiger partial charge in [0.2, 0.25) is 12.5 Å². The fraction of sp³-hybridized carbons (Fsp3) is 0.333. The lowest BCUT2D eigenvalue weighted by Crippen LogP contribution is -2.19. The summed E-state index contributed by atoms with van der Waals surface area (Å²) in [7, 11) is 4.50. The summed E-state index contributed by atoms with van der Waals surface area (Å²) in [5.41, 5.74) is 3.98. The highest BCUT2D eigenvalue weighted by Crippen LogP contribution is 2.38. The molecule has 0 saturated carbocycles. The molecule has 1 heterocycles. The van der Waals surface area contributed by atoms with E-state index >= 15 is 0 Å². The number of hydrogen-bond donors (Lipinski definition) is 1. The molecule has 2 aromatic carbocycles. The van der Waals surface area contributed by atoms with E-state index < -0.39 is 0 Å².